The molecule has 4 aromatic carbocycles. The molecule has 1 heteroatoms. The summed E-state index contributed by atoms with van der Waals surface area (Å²) in [7, 11) is 0. The number of benzene rings is 4. The van der Waals surface area contributed by atoms with Crippen molar-refractivity contribution in [2.24, 2.45) is 0 Å². The predicted molar refractivity (Wildman–Crippen MR) is 128 cm³/mol. The van der Waals surface area contributed by atoms with E-state index in [2.05, 4.69) is 119 Å². The zero-order chi connectivity index (χ0) is 20.6. The van der Waals surface area contributed by atoms with Gasteiger partial charge in [0, 0.05) is 5.69 Å². The van der Waals surface area contributed by atoms with Crippen LogP contribution >= 0.6 is 0 Å². The lowest BCUT2D eigenvalue weighted by Gasteiger charge is -2.32. The Balaban J connectivity index is 1.68. The van der Waals surface area contributed by atoms with Gasteiger partial charge in [0.1, 0.15) is 0 Å². The highest BCUT2D eigenvalue weighted by atomic mass is 15.0. The lowest BCUT2D eigenvalue weighted by molar-refractivity contribution is 0.521. The van der Waals surface area contributed by atoms with E-state index in [1.54, 1.807) is 0 Å². The minimum atomic E-state index is -0.110. The monoisotopic (exact) mass is 381 g/mol. The summed E-state index contributed by atoms with van der Waals surface area (Å²) < 4.78 is 0. The molecule has 0 bridgehead atoms. The van der Waals surface area contributed by atoms with Gasteiger partial charge in [0.05, 0.1) is 5.54 Å². The molecule has 0 heterocycles. The van der Waals surface area contributed by atoms with Crippen molar-refractivity contribution in [1.82, 2.24) is 0 Å². The Morgan fingerprint density at radius 3 is 1.97 bits per heavy atom. The highest BCUT2D eigenvalue weighted by Gasteiger charge is 2.25. The minimum absolute atomic E-state index is 0.110. The van der Waals surface area contributed by atoms with Crippen molar-refractivity contribution in [3.63, 3.8) is 0 Å². The zero-order valence-corrected chi connectivity index (χ0v) is 18.2. The number of rotatable bonds is 4. The molecule has 29 heavy (non-hydrogen) atoms. The quantitative estimate of drug-likeness (QED) is 0.353. The van der Waals surface area contributed by atoms with Crippen LogP contribution in [0.4, 0.5) is 5.69 Å². The first-order chi connectivity index (χ1) is 13.8. The van der Waals surface area contributed by atoms with Crippen LogP contribution in [0.5, 0.6) is 0 Å². The van der Waals surface area contributed by atoms with Crippen molar-refractivity contribution in [2.75, 3.05) is 5.32 Å². The third kappa shape index (κ3) is 3.74. The zero-order valence-electron chi connectivity index (χ0n) is 18.2. The molecule has 0 aromatic heterocycles. The molecule has 0 aliphatic heterocycles. The molecule has 0 amide bonds. The first kappa shape index (κ1) is 19.5. The third-order valence-electron chi connectivity index (χ3n) is 6.26. The SMILES string of the molecule is CCC(C)(Nc1ccc2c(ccc3ccccc32)c1)c1ccc(C(C)(C)C)cc1. The summed E-state index contributed by atoms with van der Waals surface area (Å²) in [5.41, 5.74) is 3.93. The summed E-state index contributed by atoms with van der Waals surface area (Å²) in [6.07, 6.45) is 1.01. The summed E-state index contributed by atoms with van der Waals surface area (Å²) in [5.74, 6) is 0. The van der Waals surface area contributed by atoms with Crippen molar-refractivity contribution in [3.8, 4) is 0 Å². The van der Waals surface area contributed by atoms with Gasteiger partial charge in [0.15, 0.2) is 0 Å². The van der Waals surface area contributed by atoms with Crippen LogP contribution in [0.1, 0.15) is 52.2 Å². The fraction of sp³-hybridized carbons (Fsp3) is 0.286. The summed E-state index contributed by atoms with van der Waals surface area (Å²) in [6.45, 7) is 11.3. The van der Waals surface area contributed by atoms with Gasteiger partial charge in [0.25, 0.3) is 0 Å². The fourth-order valence-corrected chi connectivity index (χ4v) is 4.11. The Labute approximate surface area is 174 Å². The van der Waals surface area contributed by atoms with Crippen LogP contribution in [-0.2, 0) is 11.0 Å². The average Bonchev–Trinajstić information content (AvgIpc) is 2.73. The van der Waals surface area contributed by atoms with Gasteiger partial charge in [-0.2, -0.15) is 0 Å². The van der Waals surface area contributed by atoms with Gasteiger partial charge in [-0.15, -0.1) is 0 Å². The molecule has 0 fully saturated rings. The summed E-state index contributed by atoms with van der Waals surface area (Å²) in [6, 6.07) is 28.9. The van der Waals surface area contributed by atoms with Crippen LogP contribution in [-0.4, -0.2) is 0 Å². The molecule has 0 saturated heterocycles. The van der Waals surface area contributed by atoms with Gasteiger partial charge >= 0.3 is 0 Å². The molecule has 0 aliphatic rings. The molecular formula is C28H31N. The van der Waals surface area contributed by atoms with E-state index in [1.165, 1.54) is 32.7 Å². The Morgan fingerprint density at radius 1 is 0.655 bits per heavy atom. The minimum Gasteiger partial charge on any atom is -0.376 e. The molecule has 0 radical (unpaired) electrons. The summed E-state index contributed by atoms with van der Waals surface area (Å²) >= 11 is 0. The van der Waals surface area contributed by atoms with E-state index in [0.717, 1.165) is 12.1 Å². The Morgan fingerprint density at radius 2 is 1.28 bits per heavy atom. The molecule has 1 N–H and O–H groups in total. The maximum atomic E-state index is 3.82. The second kappa shape index (κ2) is 7.22. The highest BCUT2D eigenvalue weighted by molar-refractivity contribution is 6.08. The van der Waals surface area contributed by atoms with Crippen molar-refractivity contribution >= 4 is 27.2 Å². The van der Waals surface area contributed by atoms with E-state index < -0.39 is 0 Å². The van der Waals surface area contributed by atoms with Crippen LogP contribution in [0, 0.1) is 0 Å². The molecule has 0 spiro atoms. The molecular weight excluding hydrogens is 350 g/mol. The van der Waals surface area contributed by atoms with E-state index >= 15 is 0 Å². The van der Waals surface area contributed by atoms with Crippen LogP contribution in [0.25, 0.3) is 21.5 Å². The van der Waals surface area contributed by atoms with Crippen LogP contribution < -0.4 is 5.32 Å². The van der Waals surface area contributed by atoms with Gasteiger partial charge in [-0.05, 0) is 63.6 Å². The highest BCUT2D eigenvalue weighted by Crippen LogP contribution is 2.34. The largest absolute Gasteiger partial charge is 0.376 e. The lowest BCUT2D eigenvalue weighted by atomic mass is 9.83. The van der Waals surface area contributed by atoms with Crippen molar-refractivity contribution in [1.29, 1.82) is 0 Å². The van der Waals surface area contributed by atoms with Crippen LogP contribution in [0.3, 0.4) is 0 Å². The smallest absolute Gasteiger partial charge is 0.0594 e. The molecule has 4 rings (SSSR count). The first-order valence-corrected chi connectivity index (χ1v) is 10.6. The topological polar surface area (TPSA) is 12.0 Å². The molecule has 148 valence electrons. The van der Waals surface area contributed by atoms with E-state index in [4.69, 9.17) is 0 Å². The van der Waals surface area contributed by atoms with Gasteiger partial charge in [-0.1, -0.05) is 94.4 Å². The van der Waals surface area contributed by atoms with E-state index in [-0.39, 0.29) is 11.0 Å². The number of hydrogen-bond acceptors (Lipinski definition) is 1. The number of hydrogen-bond donors (Lipinski definition) is 1. The van der Waals surface area contributed by atoms with Gasteiger partial charge in [-0.25, -0.2) is 0 Å². The third-order valence-corrected chi connectivity index (χ3v) is 6.26. The van der Waals surface area contributed by atoms with Crippen molar-refractivity contribution in [3.05, 3.63) is 90.0 Å². The maximum absolute atomic E-state index is 3.82. The van der Waals surface area contributed by atoms with E-state index in [1.807, 2.05) is 0 Å². The summed E-state index contributed by atoms with van der Waals surface area (Å²) in [5, 5.41) is 9.00. The van der Waals surface area contributed by atoms with Crippen molar-refractivity contribution in [2.45, 2.75) is 52.0 Å². The Bertz CT molecular complexity index is 1150. The Kier molecular flexibility index (Phi) is 4.86. The van der Waals surface area contributed by atoms with Crippen LogP contribution in [0.15, 0.2) is 78.9 Å². The van der Waals surface area contributed by atoms with Gasteiger partial charge < -0.3 is 5.32 Å². The summed E-state index contributed by atoms with van der Waals surface area (Å²) in [4.78, 5) is 0. The second-order valence-corrected chi connectivity index (χ2v) is 9.36. The molecule has 1 atom stereocenters. The second-order valence-electron chi connectivity index (χ2n) is 9.36. The molecule has 0 aliphatic carbocycles. The van der Waals surface area contributed by atoms with E-state index in [0.29, 0.717) is 0 Å². The van der Waals surface area contributed by atoms with E-state index in [9.17, 15) is 0 Å². The molecule has 4 aromatic rings. The molecule has 1 unspecified atom stereocenters. The first-order valence-electron chi connectivity index (χ1n) is 10.6. The fourth-order valence-electron chi connectivity index (χ4n) is 4.11. The predicted octanol–water partition coefficient (Wildman–Crippen LogP) is 8.03. The normalized spacial score (nSPS) is 14.1. The van der Waals surface area contributed by atoms with Crippen molar-refractivity contribution < 1.29 is 0 Å². The standard InChI is InChI=1S/C28H31N/c1-6-28(5,23-15-13-22(14-16-23)27(2,3)4)29-24-17-18-26-21(19-24)12-11-20-9-7-8-10-25(20)26/h7-19,29H,6H2,1-5H3. The molecule has 1 nitrogen and oxygen atoms in total. The number of fused-ring (bicyclic) bond motifs is 3. The average molecular weight is 382 g/mol. The number of nitrogens with one attached hydrogen (secondary N) is 1. The Hall–Kier alpha value is -2.80. The van der Waals surface area contributed by atoms with Gasteiger partial charge in [0.2, 0.25) is 0 Å². The van der Waals surface area contributed by atoms with Crippen LogP contribution in [0.2, 0.25) is 0 Å². The molecule has 0 saturated carbocycles. The van der Waals surface area contributed by atoms with Gasteiger partial charge in [-0.3, -0.25) is 0 Å². The lowest BCUT2D eigenvalue weighted by Crippen LogP contribution is -2.31. The number of anilines is 1. The maximum Gasteiger partial charge on any atom is 0.0594 e.